The molecule has 1 aliphatic carbocycles. The average molecular weight is 300 g/mol. The highest BCUT2D eigenvalue weighted by Crippen LogP contribution is 2.30. The number of carbonyl (C=O) groups excluding carboxylic acids is 1. The Balaban J connectivity index is 1.77. The van der Waals surface area contributed by atoms with Gasteiger partial charge in [0.25, 0.3) is 0 Å². The summed E-state index contributed by atoms with van der Waals surface area (Å²) in [5.74, 6) is 0. The van der Waals surface area contributed by atoms with Crippen LogP contribution in [0.15, 0.2) is 18.2 Å². The van der Waals surface area contributed by atoms with Gasteiger partial charge in [0.15, 0.2) is 0 Å². The summed E-state index contributed by atoms with van der Waals surface area (Å²) in [7, 11) is 0. The van der Waals surface area contributed by atoms with E-state index in [1.54, 1.807) is 0 Å². The molecule has 2 aromatic rings. The molecule has 4 nitrogen and oxygen atoms in total. The highest BCUT2D eigenvalue weighted by molar-refractivity contribution is 5.85. The summed E-state index contributed by atoms with van der Waals surface area (Å²) in [4.78, 5) is 15.5. The van der Waals surface area contributed by atoms with Gasteiger partial charge in [0.1, 0.15) is 5.60 Å². The van der Waals surface area contributed by atoms with E-state index in [0.29, 0.717) is 0 Å². The lowest BCUT2D eigenvalue weighted by molar-refractivity contribution is 0.0500. The number of fused-ring (bicyclic) bond motifs is 3. The zero-order valence-electron chi connectivity index (χ0n) is 13.7. The fraction of sp³-hybridized carbons (Fsp3) is 0.500. The molecule has 0 aliphatic heterocycles. The van der Waals surface area contributed by atoms with Crippen LogP contribution in [0.2, 0.25) is 0 Å². The van der Waals surface area contributed by atoms with Crippen LogP contribution in [0.3, 0.4) is 0 Å². The first-order valence-electron chi connectivity index (χ1n) is 7.91. The standard InChI is InChI=1S/C18H24N2O2/c1-11-5-7-15-13(9-11)14-10-12(6-8-16(14)20-15)19-17(21)22-18(2,3)4/h5,7,9,12,20H,6,8,10H2,1-4H3,(H,19,21). The second kappa shape index (κ2) is 5.34. The number of H-pyrrole nitrogens is 1. The molecule has 1 aliphatic rings. The van der Waals surface area contributed by atoms with Crippen molar-refractivity contribution in [1.29, 1.82) is 0 Å². The minimum absolute atomic E-state index is 0.141. The highest BCUT2D eigenvalue weighted by Gasteiger charge is 2.25. The Morgan fingerprint density at radius 1 is 1.36 bits per heavy atom. The summed E-state index contributed by atoms with van der Waals surface area (Å²) >= 11 is 0. The van der Waals surface area contributed by atoms with Gasteiger partial charge in [-0.1, -0.05) is 11.6 Å². The molecule has 22 heavy (non-hydrogen) atoms. The van der Waals surface area contributed by atoms with E-state index >= 15 is 0 Å². The molecule has 2 N–H and O–H groups in total. The number of benzene rings is 1. The quantitative estimate of drug-likeness (QED) is 0.840. The molecule has 4 heteroatoms. The van der Waals surface area contributed by atoms with Crippen LogP contribution >= 0.6 is 0 Å². The first-order chi connectivity index (χ1) is 10.3. The average Bonchev–Trinajstić information content (AvgIpc) is 2.74. The maximum Gasteiger partial charge on any atom is 0.407 e. The Bertz CT molecular complexity index is 710. The van der Waals surface area contributed by atoms with Crippen LogP contribution in [0.4, 0.5) is 4.79 Å². The fourth-order valence-corrected chi connectivity index (χ4v) is 3.13. The van der Waals surface area contributed by atoms with Gasteiger partial charge in [0, 0.05) is 22.6 Å². The van der Waals surface area contributed by atoms with Crippen molar-refractivity contribution in [2.75, 3.05) is 0 Å². The molecule has 3 rings (SSSR count). The van der Waals surface area contributed by atoms with Gasteiger partial charge in [-0.2, -0.15) is 0 Å². The zero-order valence-corrected chi connectivity index (χ0v) is 13.7. The van der Waals surface area contributed by atoms with Crippen molar-refractivity contribution in [2.24, 2.45) is 0 Å². The molecule has 1 heterocycles. The Morgan fingerprint density at radius 3 is 2.86 bits per heavy atom. The Kier molecular flexibility index (Phi) is 3.63. The van der Waals surface area contributed by atoms with Crippen molar-refractivity contribution in [3.05, 3.63) is 35.0 Å². The third-order valence-corrected chi connectivity index (χ3v) is 4.06. The Morgan fingerprint density at radius 2 is 2.14 bits per heavy atom. The van der Waals surface area contributed by atoms with E-state index in [4.69, 9.17) is 4.74 Å². The summed E-state index contributed by atoms with van der Waals surface area (Å²) in [5, 5.41) is 4.29. The van der Waals surface area contributed by atoms with Gasteiger partial charge in [-0.25, -0.2) is 4.79 Å². The van der Waals surface area contributed by atoms with Crippen molar-refractivity contribution < 1.29 is 9.53 Å². The molecule has 1 aromatic heterocycles. The van der Waals surface area contributed by atoms with Crippen molar-refractivity contribution in [2.45, 2.75) is 58.6 Å². The van der Waals surface area contributed by atoms with Crippen LogP contribution in [0.25, 0.3) is 10.9 Å². The summed E-state index contributed by atoms with van der Waals surface area (Å²) in [6.45, 7) is 7.76. The predicted octanol–water partition coefficient (Wildman–Crippen LogP) is 3.86. The van der Waals surface area contributed by atoms with Gasteiger partial charge in [0.05, 0.1) is 0 Å². The van der Waals surface area contributed by atoms with E-state index in [-0.39, 0.29) is 12.1 Å². The summed E-state index contributed by atoms with van der Waals surface area (Å²) < 4.78 is 5.36. The number of alkyl carbamates (subject to hydrolysis) is 1. The largest absolute Gasteiger partial charge is 0.444 e. The fourth-order valence-electron chi connectivity index (χ4n) is 3.13. The van der Waals surface area contributed by atoms with Gasteiger partial charge in [-0.05, 0) is 64.7 Å². The summed E-state index contributed by atoms with van der Waals surface area (Å²) in [6.07, 6.45) is 2.44. The molecule has 0 saturated carbocycles. The van der Waals surface area contributed by atoms with Gasteiger partial charge in [-0.3, -0.25) is 0 Å². The monoisotopic (exact) mass is 300 g/mol. The molecule has 118 valence electrons. The number of amides is 1. The molecular weight excluding hydrogens is 276 g/mol. The lowest BCUT2D eigenvalue weighted by atomic mass is 9.91. The van der Waals surface area contributed by atoms with E-state index in [1.165, 1.54) is 27.7 Å². The number of carbonyl (C=O) groups is 1. The Hall–Kier alpha value is -1.97. The van der Waals surface area contributed by atoms with E-state index in [9.17, 15) is 4.79 Å². The van der Waals surface area contributed by atoms with Crippen LogP contribution < -0.4 is 5.32 Å². The van der Waals surface area contributed by atoms with Crippen LogP contribution in [0.5, 0.6) is 0 Å². The first kappa shape index (κ1) is 14.9. The van der Waals surface area contributed by atoms with Crippen molar-refractivity contribution >= 4 is 17.0 Å². The van der Waals surface area contributed by atoms with Crippen molar-refractivity contribution in [3.8, 4) is 0 Å². The number of hydrogen-bond donors (Lipinski definition) is 2. The van der Waals surface area contributed by atoms with Crippen LogP contribution in [-0.2, 0) is 17.6 Å². The first-order valence-corrected chi connectivity index (χ1v) is 7.91. The summed E-state index contributed by atoms with van der Waals surface area (Å²) in [5.41, 5.74) is 4.64. The molecule has 0 spiro atoms. The molecular formula is C18H24N2O2. The van der Waals surface area contributed by atoms with Gasteiger partial charge < -0.3 is 15.0 Å². The van der Waals surface area contributed by atoms with Crippen molar-refractivity contribution in [1.82, 2.24) is 10.3 Å². The second-order valence-corrected chi connectivity index (χ2v) is 7.22. The molecule has 0 radical (unpaired) electrons. The minimum Gasteiger partial charge on any atom is -0.444 e. The van der Waals surface area contributed by atoms with E-state index < -0.39 is 5.60 Å². The smallest absolute Gasteiger partial charge is 0.407 e. The number of aromatic amines is 1. The maximum absolute atomic E-state index is 12.0. The molecule has 0 bridgehead atoms. The molecule has 1 unspecified atom stereocenters. The molecule has 1 atom stereocenters. The lowest BCUT2D eigenvalue weighted by Crippen LogP contribution is -2.41. The number of nitrogens with one attached hydrogen (secondary N) is 2. The predicted molar refractivity (Wildman–Crippen MR) is 88.2 cm³/mol. The third-order valence-electron chi connectivity index (χ3n) is 4.06. The SMILES string of the molecule is Cc1ccc2[nH]c3c(c2c1)CC(NC(=O)OC(C)(C)C)CC3. The van der Waals surface area contributed by atoms with E-state index in [0.717, 1.165) is 19.3 Å². The highest BCUT2D eigenvalue weighted by atomic mass is 16.6. The minimum atomic E-state index is -0.457. The third kappa shape index (κ3) is 3.11. The summed E-state index contributed by atoms with van der Waals surface area (Å²) in [6, 6.07) is 6.63. The number of aryl methyl sites for hydroxylation is 2. The number of ether oxygens (including phenoxy) is 1. The molecule has 0 fully saturated rings. The van der Waals surface area contributed by atoms with Crippen molar-refractivity contribution in [3.63, 3.8) is 0 Å². The zero-order chi connectivity index (χ0) is 15.9. The van der Waals surface area contributed by atoms with Gasteiger partial charge in [-0.15, -0.1) is 0 Å². The lowest BCUT2D eigenvalue weighted by Gasteiger charge is -2.26. The van der Waals surface area contributed by atoms with Crippen LogP contribution in [0, 0.1) is 6.92 Å². The number of aromatic nitrogens is 1. The van der Waals surface area contributed by atoms with Gasteiger partial charge in [0.2, 0.25) is 0 Å². The molecule has 1 aromatic carbocycles. The number of hydrogen-bond acceptors (Lipinski definition) is 2. The van der Waals surface area contributed by atoms with E-state index in [1.807, 2.05) is 20.8 Å². The van der Waals surface area contributed by atoms with Crippen LogP contribution in [0.1, 0.15) is 44.0 Å². The molecule has 0 saturated heterocycles. The van der Waals surface area contributed by atoms with Gasteiger partial charge >= 0.3 is 6.09 Å². The maximum atomic E-state index is 12.0. The normalized spacial score (nSPS) is 18.1. The van der Waals surface area contributed by atoms with E-state index in [2.05, 4.69) is 35.4 Å². The molecule has 1 amide bonds. The topological polar surface area (TPSA) is 54.1 Å². The second-order valence-electron chi connectivity index (χ2n) is 7.22. The number of rotatable bonds is 1. The Labute approximate surface area is 131 Å². The van der Waals surface area contributed by atoms with Crippen LogP contribution in [-0.4, -0.2) is 22.7 Å².